The number of thiazole rings is 1. The Morgan fingerprint density at radius 2 is 2.19 bits per heavy atom. The van der Waals surface area contributed by atoms with Crippen LogP contribution in [0.2, 0.25) is 0 Å². The number of aromatic nitrogens is 1. The number of likely N-dealkylation sites (tertiary alicyclic amines) is 1. The number of rotatable bonds is 3. The summed E-state index contributed by atoms with van der Waals surface area (Å²) >= 11 is 1.71. The molecule has 1 unspecified atom stereocenters. The minimum atomic E-state index is 0.586. The summed E-state index contributed by atoms with van der Waals surface area (Å²) in [4.78, 5) is 7.00. The zero-order valence-corrected chi connectivity index (χ0v) is 13.6. The van der Waals surface area contributed by atoms with Gasteiger partial charge < -0.3 is 10.2 Å². The van der Waals surface area contributed by atoms with Crippen molar-refractivity contribution in [3.63, 3.8) is 0 Å². The first-order chi connectivity index (χ1) is 10.2. The number of anilines is 1. The van der Waals surface area contributed by atoms with Crippen molar-refractivity contribution >= 4 is 17.0 Å². The Morgan fingerprint density at radius 3 is 3.00 bits per heavy atom. The number of nitrogens with zero attached hydrogens (tertiary/aromatic N) is 2. The molecule has 1 atom stereocenters. The van der Waals surface area contributed by atoms with Gasteiger partial charge in [-0.25, -0.2) is 4.98 Å². The van der Waals surface area contributed by atoms with E-state index in [9.17, 15) is 0 Å². The van der Waals surface area contributed by atoms with Crippen molar-refractivity contribution in [1.29, 1.82) is 0 Å². The van der Waals surface area contributed by atoms with Crippen LogP contribution in [0.4, 0.5) is 5.69 Å². The standard InChI is InChI=1S/C17H23N3S/c1-13-18-17(12-21-13)14-5-3-6-16(11-14)19-15-7-4-9-20(2)10-8-15/h3,5-6,11-12,15,19H,4,7-10H2,1-2H3. The Bertz CT molecular complexity index is 593. The van der Waals surface area contributed by atoms with Gasteiger partial charge in [0.15, 0.2) is 0 Å². The first kappa shape index (κ1) is 14.5. The fraction of sp³-hybridized carbons (Fsp3) is 0.471. The van der Waals surface area contributed by atoms with Crippen LogP contribution in [-0.4, -0.2) is 36.1 Å². The Labute approximate surface area is 131 Å². The van der Waals surface area contributed by atoms with Crippen molar-refractivity contribution in [2.75, 3.05) is 25.5 Å². The molecule has 1 aromatic heterocycles. The largest absolute Gasteiger partial charge is 0.382 e. The molecule has 1 aromatic carbocycles. The van der Waals surface area contributed by atoms with Crippen LogP contribution in [0.1, 0.15) is 24.3 Å². The molecule has 0 bridgehead atoms. The van der Waals surface area contributed by atoms with Crippen LogP contribution in [0, 0.1) is 6.92 Å². The summed E-state index contributed by atoms with van der Waals surface area (Å²) in [5.41, 5.74) is 3.50. The fourth-order valence-corrected chi connectivity index (χ4v) is 3.51. The summed E-state index contributed by atoms with van der Waals surface area (Å²) in [6.45, 7) is 4.46. The van der Waals surface area contributed by atoms with Gasteiger partial charge in [-0.15, -0.1) is 11.3 Å². The molecule has 1 N–H and O–H groups in total. The van der Waals surface area contributed by atoms with Gasteiger partial charge >= 0.3 is 0 Å². The third-order valence-electron chi connectivity index (χ3n) is 4.10. The maximum Gasteiger partial charge on any atom is 0.0901 e. The quantitative estimate of drug-likeness (QED) is 0.928. The number of aryl methyl sites for hydroxylation is 1. The second-order valence-electron chi connectivity index (χ2n) is 5.91. The van der Waals surface area contributed by atoms with Gasteiger partial charge in [-0.3, -0.25) is 0 Å². The van der Waals surface area contributed by atoms with Crippen molar-refractivity contribution in [3.05, 3.63) is 34.7 Å². The van der Waals surface area contributed by atoms with E-state index >= 15 is 0 Å². The van der Waals surface area contributed by atoms with Gasteiger partial charge in [0.2, 0.25) is 0 Å². The van der Waals surface area contributed by atoms with E-state index in [1.165, 1.54) is 43.6 Å². The number of hydrogen-bond acceptors (Lipinski definition) is 4. The third-order valence-corrected chi connectivity index (χ3v) is 4.87. The molecule has 3 nitrogen and oxygen atoms in total. The zero-order valence-electron chi connectivity index (χ0n) is 12.8. The Morgan fingerprint density at radius 1 is 1.29 bits per heavy atom. The lowest BCUT2D eigenvalue weighted by molar-refractivity contribution is 0.348. The smallest absolute Gasteiger partial charge is 0.0901 e. The molecule has 21 heavy (non-hydrogen) atoms. The van der Waals surface area contributed by atoms with Gasteiger partial charge in [-0.2, -0.15) is 0 Å². The maximum atomic E-state index is 4.58. The van der Waals surface area contributed by atoms with Gasteiger partial charge in [0.1, 0.15) is 0 Å². The average molecular weight is 301 g/mol. The molecule has 3 rings (SSSR count). The first-order valence-corrected chi connectivity index (χ1v) is 8.56. The first-order valence-electron chi connectivity index (χ1n) is 7.68. The molecular formula is C17H23N3S. The van der Waals surface area contributed by atoms with Crippen molar-refractivity contribution in [3.8, 4) is 11.3 Å². The molecule has 1 aliphatic heterocycles. The molecule has 0 spiro atoms. The topological polar surface area (TPSA) is 28.2 Å². The van der Waals surface area contributed by atoms with Crippen molar-refractivity contribution in [1.82, 2.24) is 9.88 Å². The second-order valence-corrected chi connectivity index (χ2v) is 6.97. The van der Waals surface area contributed by atoms with Gasteiger partial charge in [-0.05, 0) is 58.5 Å². The number of hydrogen-bond donors (Lipinski definition) is 1. The molecule has 0 radical (unpaired) electrons. The van der Waals surface area contributed by atoms with Crippen LogP contribution in [0.5, 0.6) is 0 Å². The van der Waals surface area contributed by atoms with Crippen LogP contribution < -0.4 is 5.32 Å². The van der Waals surface area contributed by atoms with Crippen LogP contribution >= 0.6 is 11.3 Å². The van der Waals surface area contributed by atoms with E-state index in [0.29, 0.717) is 6.04 Å². The van der Waals surface area contributed by atoms with Crippen molar-refractivity contribution in [2.24, 2.45) is 0 Å². The van der Waals surface area contributed by atoms with Gasteiger partial charge in [0, 0.05) is 22.7 Å². The highest BCUT2D eigenvalue weighted by Crippen LogP contribution is 2.25. The Hall–Kier alpha value is -1.39. The summed E-state index contributed by atoms with van der Waals surface area (Å²) < 4.78 is 0. The molecule has 1 saturated heterocycles. The lowest BCUT2D eigenvalue weighted by Crippen LogP contribution is -2.22. The summed E-state index contributed by atoms with van der Waals surface area (Å²) in [5, 5.41) is 6.96. The second kappa shape index (κ2) is 6.58. The molecule has 0 aliphatic carbocycles. The molecule has 2 aromatic rings. The van der Waals surface area contributed by atoms with Crippen molar-refractivity contribution < 1.29 is 0 Å². The summed E-state index contributed by atoms with van der Waals surface area (Å²) in [7, 11) is 2.22. The Kier molecular flexibility index (Phi) is 4.56. The van der Waals surface area contributed by atoms with Crippen molar-refractivity contribution in [2.45, 2.75) is 32.2 Å². The molecule has 1 fully saturated rings. The van der Waals surface area contributed by atoms with E-state index in [2.05, 4.69) is 58.8 Å². The van der Waals surface area contributed by atoms with E-state index in [-0.39, 0.29) is 0 Å². The maximum absolute atomic E-state index is 4.58. The minimum Gasteiger partial charge on any atom is -0.382 e. The fourth-order valence-electron chi connectivity index (χ4n) is 2.88. The molecule has 112 valence electrons. The average Bonchev–Trinajstić information content (AvgIpc) is 2.81. The molecule has 0 saturated carbocycles. The van der Waals surface area contributed by atoms with Gasteiger partial charge in [0.25, 0.3) is 0 Å². The monoisotopic (exact) mass is 301 g/mol. The predicted molar refractivity (Wildman–Crippen MR) is 91.0 cm³/mol. The Balaban J connectivity index is 1.71. The normalized spacial score (nSPS) is 20.2. The summed E-state index contributed by atoms with van der Waals surface area (Å²) in [6.07, 6.45) is 3.75. The van der Waals surface area contributed by atoms with E-state index in [4.69, 9.17) is 0 Å². The minimum absolute atomic E-state index is 0.586. The highest BCUT2D eigenvalue weighted by Gasteiger charge is 2.14. The van der Waals surface area contributed by atoms with E-state index < -0.39 is 0 Å². The number of nitrogens with one attached hydrogen (secondary N) is 1. The van der Waals surface area contributed by atoms with Crippen LogP contribution in [0.25, 0.3) is 11.3 Å². The van der Waals surface area contributed by atoms with Crippen LogP contribution in [0.15, 0.2) is 29.6 Å². The van der Waals surface area contributed by atoms with Crippen LogP contribution in [0.3, 0.4) is 0 Å². The molecule has 4 heteroatoms. The molecule has 0 amide bonds. The number of benzene rings is 1. The highest BCUT2D eigenvalue weighted by atomic mass is 32.1. The lowest BCUT2D eigenvalue weighted by atomic mass is 10.1. The molecular weight excluding hydrogens is 278 g/mol. The highest BCUT2D eigenvalue weighted by molar-refractivity contribution is 7.09. The SMILES string of the molecule is Cc1nc(-c2cccc(NC3CCCN(C)CC3)c2)cs1. The summed E-state index contributed by atoms with van der Waals surface area (Å²) in [6, 6.07) is 9.23. The zero-order chi connectivity index (χ0) is 14.7. The lowest BCUT2D eigenvalue weighted by Gasteiger charge is -2.18. The molecule has 1 aliphatic rings. The van der Waals surface area contributed by atoms with E-state index in [1.54, 1.807) is 11.3 Å². The van der Waals surface area contributed by atoms with Crippen LogP contribution in [-0.2, 0) is 0 Å². The van der Waals surface area contributed by atoms with Gasteiger partial charge in [0.05, 0.1) is 10.7 Å². The van der Waals surface area contributed by atoms with Gasteiger partial charge in [-0.1, -0.05) is 12.1 Å². The van der Waals surface area contributed by atoms with E-state index in [1.807, 2.05) is 0 Å². The predicted octanol–water partition coefficient (Wildman–Crippen LogP) is 4.01. The molecule has 2 heterocycles. The third kappa shape index (κ3) is 3.83. The summed E-state index contributed by atoms with van der Waals surface area (Å²) in [5.74, 6) is 0. The van der Waals surface area contributed by atoms with E-state index in [0.717, 1.165) is 10.7 Å².